The first-order valence-corrected chi connectivity index (χ1v) is 11.9. The van der Waals surface area contributed by atoms with Gasteiger partial charge in [-0.1, -0.05) is 32.9 Å². The number of carbonyl (C=O) groups excluding carboxylic acids is 2. The van der Waals surface area contributed by atoms with Crippen molar-refractivity contribution in [2.45, 2.75) is 26.2 Å². The van der Waals surface area contributed by atoms with Crippen LogP contribution in [0.25, 0.3) is 0 Å². The van der Waals surface area contributed by atoms with E-state index < -0.39 is 0 Å². The molecule has 1 aromatic heterocycles. The van der Waals surface area contributed by atoms with Gasteiger partial charge in [-0.25, -0.2) is 4.98 Å². The van der Waals surface area contributed by atoms with Crippen molar-refractivity contribution in [1.82, 2.24) is 15.2 Å². The van der Waals surface area contributed by atoms with E-state index in [2.05, 4.69) is 48.5 Å². The highest BCUT2D eigenvalue weighted by Crippen LogP contribution is 2.51. The van der Waals surface area contributed by atoms with Gasteiger partial charge in [-0.15, -0.1) is 0 Å². The summed E-state index contributed by atoms with van der Waals surface area (Å²) in [5, 5.41) is 6.34. The number of hydrogen-bond acceptors (Lipinski definition) is 5. The fraction of sp³-hybridized carbons (Fsp3) is 0.500. The quantitative estimate of drug-likeness (QED) is 0.737. The molecule has 0 radical (unpaired) electrons. The molecule has 33 heavy (non-hydrogen) atoms. The topological polar surface area (TPSA) is 77.6 Å². The smallest absolute Gasteiger partial charge is 0.253 e. The number of hydrogen-bond donors (Lipinski definition) is 2. The Kier molecular flexibility index (Phi) is 5.51. The average molecular weight is 448 g/mol. The van der Waals surface area contributed by atoms with Crippen molar-refractivity contribution < 1.29 is 9.59 Å². The molecule has 7 nitrogen and oxygen atoms in total. The molecule has 0 bridgehead atoms. The predicted octanol–water partition coefficient (Wildman–Crippen LogP) is 2.75. The maximum Gasteiger partial charge on any atom is 0.253 e. The van der Waals surface area contributed by atoms with Crippen molar-refractivity contribution >= 4 is 23.3 Å². The minimum absolute atomic E-state index is 0.0416. The summed E-state index contributed by atoms with van der Waals surface area (Å²) in [7, 11) is 0. The standard InChI is InChI=1S/C26H33N5O2/c1-26(2,3)18-6-4-17(5-7-18)25(33)31-14-21-20(22(21)15-31)13-28-19-8-9-23(29-12-19)30-11-10-27-24(32)16-30/h4-9,12,20-22,28H,10-11,13-16H2,1-3H3,(H,27,32). The minimum atomic E-state index is 0.0416. The van der Waals surface area contributed by atoms with Crippen molar-refractivity contribution in [2.75, 3.05) is 49.5 Å². The normalized spacial score (nSPS) is 24.3. The van der Waals surface area contributed by atoms with Crippen LogP contribution in [0.1, 0.15) is 36.7 Å². The zero-order valence-corrected chi connectivity index (χ0v) is 19.7. The Morgan fingerprint density at radius 1 is 1.12 bits per heavy atom. The van der Waals surface area contributed by atoms with E-state index >= 15 is 0 Å². The molecule has 2 atom stereocenters. The van der Waals surface area contributed by atoms with E-state index in [1.54, 1.807) is 0 Å². The first kappa shape index (κ1) is 21.7. The lowest BCUT2D eigenvalue weighted by Crippen LogP contribution is -2.48. The highest BCUT2D eigenvalue weighted by Gasteiger charge is 2.56. The van der Waals surface area contributed by atoms with Gasteiger partial charge < -0.3 is 20.4 Å². The molecule has 174 valence electrons. The number of fused-ring (bicyclic) bond motifs is 1. The number of amides is 2. The summed E-state index contributed by atoms with van der Waals surface area (Å²) in [6.45, 7) is 11.0. The maximum atomic E-state index is 12.9. The number of nitrogens with one attached hydrogen (secondary N) is 2. The van der Waals surface area contributed by atoms with Crippen molar-refractivity contribution in [1.29, 1.82) is 0 Å². The summed E-state index contributed by atoms with van der Waals surface area (Å²) in [4.78, 5) is 33.0. The van der Waals surface area contributed by atoms with Crippen molar-refractivity contribution in [3.05, 3.63) is 53.7 Å². The van der Waals surface area contributed by atoms with Crippen LogP contribution in [-0.2, 0) is 10.2 Å². The molecule has 1 aliphatic carbocycles. The number of pyridine rings is 1. The minimum Gasteiger partial charge on any atom is -0.383 e. The van der Waals surface area contributed by atoms with Crippen LogP contribution < -0.4 is 15.5 Å². The van der Waals surface area contributed by atoms with E-state index in [0.29, 0.717) is 30.8 Å². The molecule has 2 unspecified atom stereocenters. The van der Waals surface area contributed by atoms with Crippen molar-refractivity contribution in [3.63, 3.8) is 0 Å². The van der Waals surface area contributed by atoms with E-state index in [1.165, 1.54) is 5.56 Å². The monoisotopic (exact) mass is 447 g/mol. The number of piperidine rings is 1. The Morgan fingerprint density at radius 2 is 1.85 bits per heavy atom. The number of aromatic nitrogens is 1. The third-order valence-electron chi connectivity index (χ3n) is 7.31. The predicted molar refractivity (Wildman–Crippen MR) is 129 cm³/mol. The second-order valence-corrected chi connectivity index (χ2v) is 10.6. The van der Waals surface area contributed by atoms with Crippen LogP contribution >= 0.6 is 0 Å². The molecule has 2 N–H and O–H groups in total. The SMILES string of the molecule is CC(C)(C)c1ccc(C(=O)N2CC3C(CNc4ccc(N5CCNC(=O)C5)nc4)C3C2)cc1. The summed E-state index contributed by atoms with van der Waals surface area (Å²) in [5.74, 6) is 2.83. The van der Waals surface area contributed by atoms with Gasteiger partial charge in [-0.2, -0.15) is 0 Å². The Labute approximate surface area is 195 Å². The second kappa shape index (κ2) is 8.36. The second-order valence-electron chi connectivity index (χ2n) is 10.6. The summed E-state index contributed by atoms with van der Waals surface area (Å²) < 4.78 is 0. The molecular formula is C26H33N5O2. The Morgan fingerprint density at radius 3 is 2.45 bits per heavy atom. The fourth-order valence-electron chi connectivity index (χ4n) is 5.16. The molecule has 3 fully saturated rings. The Hall–Kier alpha value is -3.09. The number of nitrogens with zero attached hydrogens (tertiary/aromatic N) is 3. The molecule has 2 amide bonds. The highest BCUT2D eigenvalue weighted by molar-refractivity contribution is 5.94. The van der Waals surface area contributed by atoms with Crippen LogP contribution in [0.2, 0.25) is 0 Å². The molecule has 2 aromatic rings. The fourth-order valence-corrected chi connectivity index (χ4v) is 5.16. The van der Waals surface area contributed by atoms with Gasteiger partial charge in [0.2, 0.25) is 5.91 Å². The lowest BCUT2D eigenvalue weighted by Gasteiger charge is -2.27. The van der Waals surface area contributed by atoms with Gasteiger partial charge in [0, 0.05) is 38.3 Å². The van der Waals surface area contributed by atoms with Gasteiger partial charge in [0.15, 0.2) is 0 Å². The third kappa shape index (κ3) is 4.54. The first-order valence-electron chi connectivity index (χ1n) is 11.9. The number of likely N-dealkylation sites (tertiary alicyclic amines) is 1. The Bertz CT molecular complexity index is 1020. The molecule has 1 aromatic carbocycles. The molecule has 0 spiro atoms. The van der Waals surface area contributed by atoms with Gasteiger partial charge in [-0.05, 0) is 53.0 Å². The molecule has 5 rings (SSSR count). The number of rotatable bonds is 5. The van der Waals surface area contributed by atoms with Crippen LogP contribution in [0, 0.1) is 17.8 Å². The zero-order valence-electron chi connectivity index (χ0n) is 19.7. The summed E-state index contributed by atoms with van der Waals surface area (Å²) in [5.41, 5.74) is 3.13. The van der Waals surface area contributed by atoms with Crippen molar-refractivity contribution in [2.24, 2.45) is 17.8 Å². The van der Waals surface area contributed by atoms with Gasteiger partial charge >= 0.3 is 0 Å². The number of piperazine rings is 1. The average Bonchev–Trinajstić information content (AvgIpc) is 3.25. The first-order chi connectivity index (χ1) is 15.8. The van der Waals surface area contributed by atoms with Gasteiger partial charge in [0.25, 0.3) is 5.91 Å². The van der Waals surface area contributed by atoms with Gasteiger partial charge in [0.1, 0.15) is 5.82 Å². The number of anilines is 2. The van der Waals surface area contributed by atoms with E-state index in [-0.39, 0.29) is 17.2 Å². The van der Waals surface area contributed by atoms with E-state index in [9.17, 15) is 9.59 Å². The molecule has 1 saturated carbocycles. The van der Waals surface area contributed by atoms with E-state index in [0.717, 1.165) is 43.2 Å². The zero-order chi connectivity index (χ0) is 23.2. The maximum absolute atomic E-state index is 12.9. The summed E-state index contributed by atoms with van der Waals surface area (Å²) in [6, 6.07) is 12.1. The van der Waals surface area contributed by atoms with Crippen molar-refractivity contribution in [3.8, 4) is 0 Å². The molecule has 2 saturated heterocycles. The summed E-state index contributed by atoms with van der Waals surface area (Å²) >= 11 is 0. The van der Waals surface area contributed by atoms with E-state index in [1.807, 2.05) is 40.3 Å². The molecule has 3 heterocycles. The van der Waals surface area contributed by atoms with Gasteiger partial charge in [-0.3, -0.25) is 9.59 Å². The molecular weight excluding hydrogens is 414 g/mol. The van der Waals surface area contributed by atoms with Crippen LogP contribution in [-0.4, -0.2) is 61.0 Å². The highest BCUT2D eigenvalue weighted by atomic mass is 16.2. The van der Waals surface area contributed by atoms with Crippen LogP contribution in [0.3, 0.4) is 0 Å². The third-order valence-corrected chi connectivity index (χ3v) is 7.31. The Balaban J connectivity index is 1.09. The van der Waals surface area contributed by atoms with Crippen LogP contribution in [0.4, 0.5) is 11.5 Å². The lowest BCUT2D eigenvalue weighted by molar-refractivity contribution is -0.120. The molecule has 2 aliphatic heterocycles. The van der Waals surface area contributed by atoms with Gasteiger partial charge in [0.05, 0.1) is 18.4 Å². The molecule has 7 heteroatoms. The van der Waals surface area contributed by atoms with Crippen LogP contribution in [0.15, 0.2) is 42.6 Å². The van der Waals surface area contributed by atoms with Crippen LogP contribution in [0.5, 0.6) is 0 Å². The summed E-state index contributed by atoms with van der Waals surface area (Å²) in [6.07, 6.45) is 1.84. The van der Waals surface area contributed by atoms with E-state index in [4.69, 9.17) is 0 Å². The largest absolute Gasteiger partial charge is 0.383 e. The number of benzene rings is 1. The number of carbonyl (C=O) groups is 2. The molecule has 3 aliphatic rings. The lowest BCUT2D eigenvalue weighted by atomic mass is 9.86.